The number of pyridine rings is 1. The monoisotopic (exact) mass is 487 g/mol. The van der Waals surface area contributed by atoms with Crippen molar-refractivity contribution in [3.63, 3.8) is 0 Å². The van der Waals surface area contributed by atoms with Gasteiger partial charge in [0.05, 0.1) is 10.6 Å². The molecular weight excluding hydrogens is 470 g/mol. The first kappa shape index (κ1) is 22.1. The van der Waals surface area contributed by atoms with E-state index in [1.165, 1.54) is 47.7 Å². The molecule has 0 spiro atoms. The Morgan fingerprint density at radius 1 is 1.06 bits per heavy atom. The number of benzene rings is 1. The van der Waals surface area contributed by atoms with Crippen molar-refractivity contribution < 1.29 is 13.2 Å². The largest absolute Gasteiger partial charge is 0.397 e. The standard InChI is InChI=1S/C21H18ClN5O3S2/c1-11(2)15-8-7-14-18(23)20(31-21(14)24-15)19(28)12-3-5-13(6-4-12)32(29,30)27-17-10-9-16(22)25-26-17/h3-11H,23H2,1-2H3,(H,26,27). The quantitative estimate of drug-likeness (QED) is 0.384. The molecule has 0 atom stereocenters. The van der Waals surface area contributed by atoms with E-state index in [0.717, 1.165) is 11.1 Å². The Morgan fingerprint density at radius 3 is 2.41 bits per heavy atom. The van der Waals surface area contributed by atoms with Gasteiger partial charge in [0.2, 0.25) is 5.78 Å². The van der Waals surface area contributed by atoms with Crippen LogP contribution in [0.4, 0.5) is 11.5 Å². The number of nitrogen functional groups attached to an aromatic ring is 1. The number of fused-ring (bicyclic) bond motifs is 1. The summed E-state index contributed by atoms with van der Waals surface area (Å²) >= 11 is 6.89. The Balaban J connectivity index is 1.60. The summed E-state index contributed by atoms with van der Waals surface area (Å²) < 4.78 is 27.5. The molecule has 4 rings (SSSR count). The van der Waals surface area contributed by atoms with Gasteiger partial charge < -0.3 is 5.73 Å². The minimum Gasteiger partial charge on any atom is -0.397 e. The van der Waals surface area contributed by atoms with Crippen molar-refractivity contribution in [2.75, 3.05) is 10.5 Å². The van der Waals surface area contributed by atoms with Crippen LogP contribution < -0.4 is 10.5 Å². The lowest BCUT2D eigenvalue weighted by molar-refractivity contribution is 0.104. The van der Waals surface area contributed by atoms with Gasteiger partial charge in [0, 0.05) is 16.6 Å². The molecule has 0 unspecified atom stereocenters. The maximum Gasteiger partial charge on any atom is 0.263 e. The molecule has 3 N–H and O–H groups in total. The number of sulfonamides is 1. The van der Waals surface area contributed by atoms with Gasteiger partial charge in [0.1, 0.15) is 9.71 Å². The van der Waals surface area contributed by atoms with Crippen LogP contribution in [-0.2, 0) is 10.0 Å². The molecule has 0 bridgehead atoms. The van der Waals surface area contributed by atoms with Crippen molar-refractivity contribution in [2.24, 2.45) is 0 Å². The van der Waals surface area contributed by atoms with Crippen LogP contribution in [0, 0.1) is 0 Å². The normalized spacial score (nSPS) is 11.8. The van der Waals surface area contributed by atoms with E-state index in [0.29, 0.717) is 21.0 Å². The van der Waals surface area contributed by atoms with Crippen LogP contribution in [0.3, 0.4) is 0 Å². The minimum atomic E-state index is -3.91. The van der Waals surface area contributed by atoms with Crippen molar-refractivity contribution in [1.29, 1.82) is 0 Å². The zero-order chi connectivity index (χ0) is 23.0. The van der Waals surface area contributed by atoms with Crippen LogP contribution in [0.1, 0.15) is 40.7 Å². The highest BCUT2D eigenvalue weighted by atomic mass is 35.5. The summed E-state index contributed by atoms with van der Waals surface area (Å²) in [5.74, 6) is -0.0122. The molecule has 0 saturated heterocycles. The number of aromatic nitrogens is 3. The molecule has 1 aromatic carbocycles. The molecule has 0 fully saturated rings. The number of anilines is 2. The average molecular weight is 488 g/mol. The van der Waals surface area contributed by atoms with Gasteiger partial charge in [-0.15, -0.1) is 21.5 Å². The Bertz CT molecular complexity index is 1420. The van der Waals surface area contributed by atoms with Gasteiger partial charge in [0.15, 0.2) is 11.0 Å². The van der Waals surface area contributed by atoms with Gasteiger partial charge >= 0.3 is 0 Å². The minimum absolute atomic E-state index is 0.0286. The third-order valence-electron chi connectivity index (χ3n) is 4.71. The van der Waals surface area contributed by atoms with Crippen molar-refractivity contribution in [1.82, 2.24) is 15.2 Å². The molecule has 8 nitrogen and oxygen atoms in total. The van der Waals surface area contributed by atoms with Crippen LogP contribution in [-0.4, -0.2) is 29.4 Å². The van der Waals surface area contributed by atoms with Crippen molar-refractivity contribution in [3.8, 4) is 0 Å². The first-order chi connectivity index (χ1) is 15.2. The van der Waals surface area contributed by atoms with Crippen molar-refractivity contribution in [3.05, 3.63) is 69.8 Å². The number of rotatable bonds is 6. The Labute approximate surface area is 193 Å². The number of nitrogens with zero attached hydrogens (tertiary/aromatic N) is 3. The van der Waals surface area contributed by atoms with E-state index in [4.69, 9.17) is 17.3 Å². The van der Waals surface area contributed by atoms with E-state index in [2.05, 4.69) is 19.9 Å². The number of hydrogen-bond acceptors (Lipinski definition) is 8. The molecule has 0 aliphatic heterocycles. The van der Waals surface area contributed by atoms with Crippen LogP contribution in [0.25, 0.3) is 10.2 Å². The highest BCUT2D eigenvalue weighted by Gasteiger charge is 2.21. The first-order valence-electron chi connectivity index (χ1n) is 9.51. The number of thiophene rings is 1. The molecule has 11 heteroatoms. The van der Waals surface area contributed by atoms with Crippen LogP contribution in [0.5, 0.6) is 0 Å². The van der Waals surface area contributed by atoms with Gasteiger partial charge in [-0.1, -0.05) is 25.4 Å². The van der Waals surface area contributed by atoms with E-state index >= 15 is 0 Å². The summed E-state index contributed by atoms with van der Waals surface area (Å²) in [6, 6.07) is 12.2. The molecule has 164 valence electrons. The lowest BCUT2D eigenvalue weighted by Gasteiger charge is -2.07. The second-order valence-corrected chi connectivity index (χ2v) is 10.4. The Kier molecular flexibility index (Phi) is 5.85. The Morgan fingerprint density at radius 2 is 1.78 bits per heavy atom. The third-order valence-corrected chi connectivity index (χ3v) is 7.40. The molecule has 0 saturated carbocycles. The Hall–Kier alpha value is -3.08. The van der Waals surface area contributed by atoms with E-state index in [-0.39, 0.29) is 27.6 Å². The molecule has 0 amide bonds. The number of nitrogens with one attached hydrogen (secondary N) is 1. The maximum absolute atomic E-state index is 13.0. The van der Waals surface area contributed by atoms with Gasteiger partial charge in [-0.3, -0.25) is 9.52 Å². The fraction of sp³-hybridized carbons (Fsp3) is 0.143. The van der Waals surface area contributed by atoms with Gasteiger partial charge in [-0.2, -0.15) is 0 Å². The molecule has 0 aliphatic carbocycles. The topological polar surface area (TPSA) is 128 Å². The van der Waals surface area contributed by atoms with Crippen LogP contribution in [0.15, 0.2) is 53.4 Å². The maximum atomic E-state index is 13.0. The fourth-order valence-electron chi connectivity index (χ4n) is 2.99. The number of halogens is 1. The fourth-order valence-corrected chi connectivity index (χ4v) is 5.15. The van der Waals surface area contributed by atoms with Gasteiger partial charge in [0.25, 0.3) is 10.0 Å². The second-order valence-electron chi connectivity index (χ2n) is 7.29. The summed E-state index contributed by atoms with van der Waals surface area (Å²) in [5.41, 5.74) is 7.83. The summed E-state index contributed by atoms with van der Waals surface area (Å²) in [6.45, 7) is 4.09. The number of nitrogens with two attached hydrogens (primary N) is 1. The zero-order valence-corrected chi connectivity index (χ0v) is 19.4. The predicted octanol–water partition coefficient (Wildman–Crippen LogP) is 4.48. The van der Waals surface area contributed by atoms with E-state index in [9.17, 15) is 13.2 Å². The summed E-state index contributed by atoms with van der Waals surface area (Å²) in [6.07, 6.45) is 0. The molecule has 0 radical (unpaired) electrons. The highest BCUT2D eigenvalue weighted by Crippen LogP contribution is 2.35. The van der Waals surface area contributed by atoms with Gasteiger partial charge in [-0.05, 0) is 54.4 Å². The van der Waals surface area contributed by atoms with Crippen LogP contribution >= 0.6 is 22.9 Å². The van der Waals surface area contributed by atoms with E-state index < -0.39 is 10.0 Å². The number of ketones is 1. The highest BCUT2D eigenvalue weighted by molar-refractivity contribution is 7.92. The number of carbonyl (C=O) groups is 1. The van der Waals surface area contributed by atoms with Crippen LogP contribution in [0.2, 0.25) is 5.15 Å². The summed E-state index contributed by atoms with van der Waals surface area (Å²) in [7, 11) is -3.91. The summed E-state index contributed by atoms with van der Waals surface area (Å²) in [5, 5.41) is 8.15. The third kappa shape index (κ3) is 4.29. The smallest absolute Gasteiger partial charge is 0.263 e. The molecule has 32 heavy (non-hydrogen) atoms. The van der Waals surface area contributed by atoms with E-state index in [1.807, 2.05) is 26.0 Å². The second kappa shape index (κ2) is 8.45. The van der Waals surface area contributed by atoms with Crippen molar-refractivity contribution >= 4 is 60.5 Å². The lowest BCUT2D eigenvalue weighted by Crippen LogP contribution is -2.14. The number of hydrogen-bond donors (Lipinski definition) is 2. The molecular formula is C21H18ClN5O3S2. The van der Waals surface area contributed by atoms with E-state index in [1.54, 1.807) is 0 Å². The molecule has 3 heterocycles. The molecule has 4 aromatic rings. The molecule has 3 aromatic heterocycles. The summed E-state index contributed by atoms with van der Waals surface area (Å²) in [4.78, 5) is 18.7. The SMILES string of the molecule is CC(C)c1ccc2c(N)c(C(=O)c3ccc(S(=O)(=O)Nc4ccc(Cl)nn4)cc3)sc2n1. The zero-order valence-electron chi connectivity index (χ0n) is 17.0. The average Bonchev–Trinajstić information content (AvgIpc) is 3.10. The number of carbonyl (C=O) groups excluding carboxylic acids is 1. The molecule has 0 aliphatic rings. The van der Waals surface area contributed by atoms with Crippen molar-refractivity contribution in [2.45, 2.75) is 24.7 Å². The lowest BCUT2D eigenvalue weighted by atomic mass is 10.1. The van der Waals surface area contributed by atoms with Gasteiger partial charge in [-0.25, -0.2) is 13.4 Å². The predicted molar refractivity (Wildman–Crippen MR) is 126 cm³/mol. The first-order valence-corrected chi connectivity index (χ1v) is 12.2.